The zero-order valence-electron chi connectivity index (χ0n) is 16.7. The zero-order valence-corrected chi connectivity index (χ0v) is 16.7. The lowest BCUT2D eigenvalue weighted by atomic mass is 9.95. The molecule has 6 nitrogen and oxygen atoms in total. The molecule has 1 aliphatic rings. The van der Waals surface area contributed by atoms with E-state index in [1.165, 1.54) is 6.07 Å². The van der Waals surface area contributed by atoms with Gasteiger partial charge >= 0.3 is 0 Å². The van der Waals surface area contributed by atoms with Crippen LogP contribution < -0.4 is 15.0 Å². The number of rotatable bonds is 5. The molecule has 1 saturated heterocycles. The number of carbonyl (C=O) groups is 1. The second-order valence-electron chi connectivity index (χ2n) is 7.31. The number of anilines is 2. The monoisotopic (exact) mass is 406 g/mol. The van der Waals surface area contributed by atoms with E-state index in [9.17, 15) is 9.18 Å². The third-order valence-corrected chi connectivity index (χ3v) is 5.20. The summed E-state index contributed by atoms with van der Waals surface area (Å²) in [5.41, 5.74) is 1.13. The number of carbonyl (C=O) groups excluding carboxylic acids is 1. The predicted octanol–water partition coefficient (Wildman–Crippen LogP) is 4.57. The summed E-state index contributed by atoms with van der Waals surface area (Å²) in [4.78, 5) is 23.5. The molecule has 1 N–H and O–H groups in total. The van der Waals surface area contributed by atoms with E-state index in [1.54, 1.807) is 31.5 Å². The van der Waals surface area contributed by atoms with E-state index in [0.717, 1.165) is 0 Å². The Hall–Kier alpha value is -3.48. The number of nitrogens with one attached hydrogen (secondary N) is 1. The van der Waals surface area contributed by atoms with Crippen LogP contribution in [0, 0.1) is 18.7 Å². The first-order chi connectivity index (χ1) is 14.6. The van der Waals surface area contributed by atoms with Crippen LogP contribution in [0.25, 0.3) is 0 Å². The van der Waals surface area contributed by atoms with Gasteiger partial charge in [0.05, 0.1) is 0 Å². The summed E-state index contributed by atoms with van der Waals surface area (Å²) in [7, 11) is 0. The van der Waals surface area contributed by atoms with Gasteiger partial charge in [-0.3, -0.25) is 4.79 Å². The lowest BCUT2D eigenvalue weighted by Crippen LogP contribution is -2.38. The summed E-state index contributed by atoms with van der Waals surface area (Å²) in [5, 5.41) is 2.90. The molecule has 30 heavy (non-hydrogen) atoms. The molecule has 0 unspecified atom stereocenters. The van der Waals surface area contributed by atoms with Gasteiger partial charge in [0.15, 0.2) is 5.82 Å². The molecule has 0 radical (unpaired) electrons. The Bertz CT molecular complexity index is 1020. The van der Waals surface area contributed by atoms with Gasteiger partial charge in [0.1, 0.15) is 11.6 Å². The summed E-state index contributed by atoms with van der Waals surface area (Å²) < 4.78 is 19.3. The second-order valence-corrected chi connectivity index (χ2v) is 7.31. The summed E-state index contributed by atoms with van der Waals surface area (Å²) in [6.07, 6.45) is 4.62. The largest absolute Gasteiger partial charge is 0.436 e. The van der Waals surface area contributed by atoms with Crippen LogP contribution in [0.15, 0.2) is 60.9 Å². The Labute approximate surface area is 174 Å². The van der Waals surface area contributed by atoms with Crippen molar-refractivity contribution >= 4 is 17.4 Å². The first-order valence-electron chi connectivity index (χ1n) is 9.96. The molecule has 2 heterocycles. The summed E-state index contributed by atoms with van der Waals surface area (Å²) >= 11 is 0. The van der Waals surface area contributed by atoms with Crippen molar-refractivity contribution in [2.45, 2.75) is 19.8 Å². The SMILES string of the molecule is Cc1cc(NC(=O)C2CCN(c3nccnc3Oc3ccccc3)CC2)ccc1F. The first-order valence-corrected chi connectivity index (χ1v) is 9.96. The third kappa shape index (κ3) is 4.56. The topological polar surface area (TPSA) is 67.4 Å². The highest BCUT2D eigenvalue weighted by Gasteiger charge is 2.27. The summed E-state index contributed by atoms with van der Waals surface area (Å²) in [5.74, 6) is 1.40. The van der Waals surface area contributed by atoms with Gasteiger partial charge < -0.3 is 15.0 Å². The van der Waals surface area contributed by atoms with Crippen molar-refractivity contribution in [2.24, 2.45) is 5.92 Å². The van der Waals surface area contributed by atoms with Gasteiger partial charge in [-0.25, -0.2) is 14.4 Å². The van der Waals surface area contributed by atoms with Gasteiger partial charge in [0, 0.05) is 37.1 Å². The average Bonchev–Trinajstić information content (AvgIpc) is 2.77. The van der Waals surface area contributed by atoms with Crippen molar-refractivity contribution in [3.63, 3.8) is 0 Å². The van der Waals surface area contributed by atoms with Gasteiger partial charge in [-0.1, -0.05) is 18.2 Å². The number of para-hydroxylation sites is 1. The molecular weight excluding hydrogens is 383 g/mol. The third-order valence-electron chi connectivity index (χ3n) is 5.20. The maximum absolute atomic E-state index is 13.4. The molecule has 0 saturated carbocycles. The molecule has 0 aliphatic carbocycles. The molecule has 7 heteroatoms. The van der Waals surface area contributed by atoms with Gasteiger partial charge in [-0.2, -0.15) is 0 Å². The van der Waals surface area contributed by atoms with E-state index < -0.39 is 0 Å². The lowest BCUT2D eigenvalue weighted by molar-refractivity contribution is -0.120. The molecule has 3 aromatic rings. The van der Waals surface area contributed by atoms with E-state index in [1.807, 2.05) is 30.3 Å². The number of halogens is 1. The average molecular weight is 406 g/mol. The normalized spacial score (nSPS) is 14.4. The molecule has 1 amide bonds. The standard InChI is InChI=1S/C23H23FN4O2/c1-16-15-18(7-8-20(16)24)27-22(29)17-9-13-28(14-10-17)21-23(26-12-11-25-21)30-19-5-3-2-4-6-19/h2-8,11-12,15,17H,9-10,13-14H2,1H3,(H,27,29). The summed E-state index contributed by atoms with van der Waals surface area (Å²) in [6.45, 7) is 3.02. The van der Waals surface area contributed by atoms with Crippen LogP contribution in [0.4, 0.5) is 15.9 Å². The number of amides is 1. The second kappa shape index (κ2) is 8.90. The van der Waals surface area contributed by atoms with Crippen molar-refractivity contribution in [3.8, 4) is 11.6 Å². The van der Waals surface area contributed by atoms with Crippen molar-refractivity contribution in [1.29, 1.82) is 0 Å². The Balaban J connectivity index is 1.39. The molecule has 154 valence electrons. The van der Waals surface area contributed by atoms with Gasteiger partial charge in [0.25, 0.3) is 5.88 Å². The van der Waals surface area contributed by atoms with Crippen molar-refractivity contribution in [3.05, 3.63) is 72.3 Å². The lowest BCUT2D eigenvalue weighted by Gasteiger charge is -2.32. The number of aryl methyl sites for hydroxylation is 1. The van der Waals surface area contributed by atoms with Gasteiger partial charge in [-0.15, -0.1) is 0 Å². The highest BCUT2D eigenvalue weighted by molar-refractivity contribution is 5.92. The van der Waals surface area contributed by atoms with Gasteiger partial charge in [0.2, 0.25) is 5.91 Å². The van der Waals surface area contributed by atoms with Crippen LogP contribution in [0.5, 0.6) is 11.6 Å². The van der Waals surface area contributed by atoms with Crippen LogP contribution in [-0.2, 0) is 4.79 Å². The Morgan fingerprint density at radius 2 is 1.83 bits per heavy atom. The molecular formula is C23H23FN4O2. The minimum Gasteiger partial charge on any atom is -0.436 e. The minimum atomic E-state index is -0.279. The van der Waals surface area contributed by atoms with E-state index in [0.29, 0.717) is 54.6 Å². The molecule has 0 atom stereocenters. The maximum Gasteiger partial charge on any atom is 0.263 e. The van der Waals surface area contributed by atoms with Crippen molar-refractivity contribution in [1.82, 2.24) is 9.97 Å². The van der Waals surface area contributed by atoms with Crippen LogP contribution in [0.3, 0.4) is 0 Å². The summed E-state index contributed by atoms with van der Waals surface area (Å²) in [6, 6.07) is 14.1. The number of piperidine rings is 1. The molecule has 0 bridgehead atoms. The predicted molar refractivity (Wildman–Crippen MR) is 113 cm³/mol. The van der Waals surface area contributed by atoms with E-state index in [4.69, 9.17) is 4.74 Å². The number of benzene rings is 2. The molecule has 2 aromatic carbocycles. The van der Waals surface area contributed by atoms with Crippen molar-refractivity contribution < 1.29 is 13.9 Å². The molecule has 4 rings (SSSR count). The van der Waals surface area contributed by atoms with Crippen LogP contribution in [0.2, 0.25) is 0 Å². The number of hydrogen-bond acceptors (Lipinski definition) is 5. The fourth-order valence-corrected chi connectivity index (χ4v) is 3.53. The first kappa shape index (κ1) is 19.8. The highest BCUT2D eigenvalue weighted by Crippen LogP contribution is 2.31. The number of hydrogen-bond donors (Lipinski definition) is 1. The van der Waals surface area contributed by atoms with Crippen LogP contribution in [0.1, 0.15) is 18.4 Å². The van der Waals surface area contributed by atoms with E-state index >= 15 is 0 Å². The van der Waals surface area contributed by atoms with E-state index in [-0.39, 0.29) is 17.6 Å². The smallest absolute Gasteiger partial charge is 0.263 e. The minimum absolute atomic E-state index is 0.0411. The Morgan fingerprint density at radius 1 is 1.10 bits per heavy atom. The van der Waals surface area contributed by atoms with Crippen LogP contribution in [-0.4, -0.2) is 29.0 Å². The molecule has 1 aliphatic heterocycles. The number of aromatic nitrogens is 2. The molecule has 1 aromatic heterocycles. The van der Waals surface area contributed by atoms with Crippen molar-refractivity contribution in [2.75, 3.05) is 23.3 Å². The number of nitrogens with zero attached hydrogens (tertiary/aromatic N) is 3. The fraction of sp³-hybridized carbons (Fsp3) is 0.261. The highest BCUT2D eigenvalue weighted by atomic mass is 19.1. The van der Waals surface area contributed by atoms with Gasteiger partial charge in [-0.05, 0) is 55.7 Å². The Morgan fingerprint density at radius 3 is 2.57 bits per heavy atom. The maximum atomic E-state index is 13.4. The van der Waals surface area contributed by atoms with E-state index in [2.05, 4.69) is 20.2 Å². The zero-order chi connectivity index (χ0) is 20.9. The number of ether oxygens (including phenoxy) is 1. The molecule has 0 spiro atoms. The quantitative estimate of drug-likeness (QED) is 0.672. The molecule has 1 fully saturated rings. The fourth-order valence-electron chi connectivity index (χ4n) is 3.53. The Kier molecular flexibility index (Phi) is 5.88. The van der Waals surface area contributed by atoms with Crippen LogP contribution >= 0.6 is 0 Å².